The standard InChI is InChI=1S/C13H27NS/c1-4-12-6-5-7-13(10-12)14-9-8-11(2)15-3/h11-14H,4-10H2,1-3H3. The molecule has 0 saturated heterocycles. The van der Waals surface area contributed by atoms with Gasteiger partial charge in [0.25, 0.3) is 0 Å². The lowest BCUT2D eigenvalue weighted by molar-refractivity contribution is 0.279. The Morgan fingerprint density at radius 2 is 2.20 bits per heavy atom. The lowest BCUT2D eigenvalue weighted by atomic mass is 9.84. The lowest BCUT2D eigenvalue weighted by Crippen LogP contribution is -2.35. The molecule has 0 bridgehead atoms. The molecule has 0 aromatic carbocycles. The number of hydrogen-bond acceptors (Lipinski definition) is 2. The summed E-state index contributed by atoms with van der Waals surface area (Å²) in [5.41, 5.74) is 0. The monoisotopic (exact) mass is 229 g/mol. The van der Waals surface area contributed by atoms with Crippen molar-refractivity contribution >= 4 is 11.8 Å². The van der Waals surface area contributed by atoms with Crippen LogP contribution in [0.5, 0.6) is 0 Å². The van der Waals surface area contributed by atoms with Gasteiger partial charge in [-0.25, -0.2) is 0 Å². The third kappa shape index (κ3) is 5.26. The van der Waals surface area contributed by atoms with Crippen molar-refractivity contribution in [1.82, 2.24) is 5.32 Å². The molecule has 2 heteroatoms. The van der Waals surface area contributed by atoms with Gasteiger partial charge in [0.2, 0.25) is 0 Å². The minimum atomic E-state index is 0.808. The molecule has 1 saturated carbocycles. The summed E-state index contributed by atoms with van der Waals surface area (Å²) in [6, 6.07) is 0.817. The van der Waals surface area contributed by atoms with Gasteiger partial charge in [0.1, 0.15) is 0 Å². The molecule has 0 radical (unpaired) electrons. The van der Waals surface area contributed by atoms with E-state index in [1.165, 1.54) is 45.1 Å². The Morgan fingerprint density at radius 1 is 1.40 bits per heavy atom. The number of rotatable bonds is 6. The molecule has 90 valence electrons. The topological polar surface area (TPSA) is 12.0 Å². The van der Waals surface area contributed by atoms with Crippen LogP contribution in [0, 0.1) is 5.92 Å². The first-order valence-electron chi connectivity index (χ1n) is 6.52. The van der Waals surface area contributed by atoms with E-state index in [9.17, 15) is 0 Å². The fourth-order valence-corrected chi connectivity index (χ4v) is 2.81. The van der Waals surface area contributed by atoms with Gasteiger partial charge in [-0.1, -0.05) is 33.1 Å². The van der Waals surface area contributed by atoms with Crippen LogP contribution in [0.4, 0.5) is 0 Å². The molecule has 1 aliphatic carbocycles. The van der Waals surface area contributed by atoms with Gasteiger partial charge < -0.3 is 5.32 Å². The summed E-state index contributed by atoms with van der Waals surface area (Å²) < 4.78 is 0. The van der Waals surface area contributed by atoms with E-state index in [4.69, 9.17) is 0 Å². The molecule has 0 heterocycles. The fraction of sp³-hybridized carbons (Fsp3) is 1.00. The van der Waals surface area contributed by atoms with Crippen molar-refractivity contribution in [2.75, 3.05) is 12.8 Å². The highest BCUT2D eigenvalue weighted by Crippen LogP contribution is 2.26. The van der Waals surface area contributed by atoms with E-state index in [1.54, 1.807) is 0 Å². The van der Waals surface area contributed by atoms with Gasteiger partial charge in [0, 0.05) is 11.3 Å². The van der Waals surface area contributed by atoms with E-state index >= 15 is 0 Å². The van der Waals surface area contributed by atoms with Crippen LogP contribution in [0.2, 0.25) is 0 Å². The molecule has 15 heavy (non-hydrogen) atoms. The molecule has 1 N–H and O–H groups in total. The summed E-state index contributed by atoms with van der Waals surface area (Å²) in [4.78, 5) is 0. The van der Waals surface area contributed by atoms with Gasteiger partial charge in [-0.05, 0) is 38.0 Å². The van der Waals surface area contributed by atoms with Crippen molar-refractivity contribution in [2.24, 2.45) is 5.92 Å². The molecular weight excluding hydrogens is 202 g/mol. The highest BCUT2D eigenvalue weighted by molar-refractivity contribution is 7.99. The van der Waals surface area contributed by atoms with E-state index in [1.807, 2.05) is 11.8 Å². The van der Waals surface area contributed by atoms with E-state index in [0.717, 1.165) is 17.2 Å². The van der Waals surface area contributed by atoms with Crippen molar-refractivity contribution in [2.45, 2.75) is 63.7 Å². The normalized spacial score (nSPS) is 29.0. The molecule has 0 amide bonds. The smallest absolute Gasteiger partial charge is 0.00697 e. The molecular formula is C13H27NS. The summed E-state index contributed by atoms with van der Waals surface area (Å²) in [5.74, 6) is 0.995. The highest BCUT2D eigenvalue weighted by Gasteiger charge is 2.19. The third-order valence-electron chi connectivity index (χ3n) is 3.75. The second kappa shape index (κ2) is 7.56. The zero-order chi connectivity index (χ0) is 11.1. The van der Waals surface area contributed by atoms with Gasteiger partial charge in [-0.2, -0.15) is 11.8 Å². The first kappa shape index (κ1) is 13.4. The van der Waals surface area contributed by atoms with E-state index in [-0.39, 0.29) is 0 Å². The lowest BCUT2D eigenvalue weighted by Gasteiger charge is -2.29. The van der Waals surface area contributed by atoms with Gasteiger partial charge in [-0.15, -0.1) is 0 Å². The SMILES string of the molecule is CCC1CCCC(NCCC(C)SC)C1. The van der Waals surface area contributed by atoms with Gasteiger partial charge >= 0.3 is 0 Å². The molecule has 1 fully saturated rings. The molecule has 1 aliphatic rings. The zero-order valence-electron chi connectivity index (χ0n) is 10.6. The summed E-state index contributed by atoms with van der Waals surface area (Å²) in [6.45, 7) is 5.87. The Labute approximate surface area is 99.8 Å². The van der Waals surface area contributed by atoms with Crippen molar-refractivity contribution in [3.63, 3.8) is 0 Å². The van der Waals surface area contributed by atoms with Crippen molar-refractivity contribution in [3.8, 4) is 0 Å². The summed E-state index contributed by atoms with van der Waals surface area (Å²) in [6.07, 6.45) is 10.6. The summed E-state index contributed by atoms with van der Waals surface area (Å²) in [5, 5.41) is 4.55. The van der Waals surface area contributed by atoms with E-state index in [0.29, 0.717) is 0 Å². The molecule has 1 nitrogen and oxygen atoms in total. The van der Waals surface area contributed by atoms with Crippen LogP contribution in [-0.2, 0) is 0 Å². The molecule has 3 unspecified atom stereocenters. The minimum Gasteiger partial charge on any atom is -0.314 e. The maximum Gasteiger partial charge on any atom is 0.00697 e. The molecule has 0 spiro atoms. The molecule has 0 aliphatic heterocycles. The quantitative estimate of drug-likeness (QED) is 0.745. The van der Waals surface area contributed by atoms with E-state index in [2.05, 4.69) is 25.4 Å². The Bertz CT molecular complexity index is 161. The van der Waals surface area contributed by atoms with E-state index < -0.39 is 0 Å². The third-order valence-corrected chi connectivity index (χ3v) is 4.79. The number of nitrogens with one attached hydrogen (secondary N) is 1. The highest BCUT2D eigenvalue weighted by atomic mass is 32.2. The van der Waals surface area contributed by atoms with Crippen LogP contribution in [-0.4, -0.2) is 24.1 Å². The summed E-state index contributed by atoms with van der Waals surface area (Å²) >= 11 is 1.98. The van der Waals surface area contributed by atoms with Gasteiger partial charge in [0.05, 0.1) is 0 Å². The second-order valence-corrected chi connectivity index (χ2v) is 6.20. The second-order valence-electron chi connectivity index (χ2n) is 4.93. The Kier molecular flexibility index (Phi) is 6.74. The zero-order valence-corrected chi connectivity index (χ0v) is 11.4. The van der Waals surface area contributed by atoms with Crippen molar-refractivity contribution < 1.29 is 0 Å². The molecule has 3 atom stereocenters. The maximum atomic E-state index is 3.74. The van der Waals surface area contributed by atoms with Crippen LogP contribution < -0.4 is 5.32 Å². The largest absolute Gasteiger partial charge is 0.314 e. The Hall–Kier alpha value is 0.310. The number of thioether (sulfide) groups is 1. The van der Waals surface area contributed by atoms with Crippen LogP contribution >= 0.6 is 11.8 Å². The molecule has 1 rings (SSSR count). The number of hydrogen-bond donors (Lipinski definition) is 1. The maximum absolute atomic E-state index is 3.74. The van der Waals surface area contributed by atoms with Crippen molar-refractivity contribution in [3.05, 3.63) is 0 Å². The van der Waals surface area contributed by atoms with Crippen molar-refractivity contribution in [1.29, 1.82) is 0 Å². The average Bonchev–Trinajstić information content (AvgIpc) is 2.29. The predicted octanol–water partition coefficient (Wildman–Crippen LogP) is 3.69. The Morgan fingerprint density at radius 3 is 2.87 bits per heavy atom. The minimum absolute atomic E-state index is 0.808. The van der Waals surface area contributed by atoms with Gasteiger partial charge in [0.15, 0.2) is 0 Å². The first-order valence-corrected chi connectivity index (χ1v) is 7.81. The molecule has 0 aromatic rings. The average molecular weight is 229 g/mol. The predicted molar refractivity (Wildman–Crippen MR) is 71.6 cm³/mol. The fourth-order valence-electron chi connectivity index (χ4n) is 2.46. The van der Waals surface area contributed by atoms with Crippen LogP contribution in [0.3, 0.4) is 0 Å². The molecule has 0 aromatic heterocycles. The van der Waals surface area contributed by atoms with Crippen LogP contribution in [0.1, 0.15) is 52.4 Å². The van der Waals surface area contributed by atoms with Crippen LogP contribution in [0.25, 0.3) is 0 Å². The first-order chi connectivity index (χ1) is 7.26. The summed E-state index contributed by atoms with van der Waals surface area (Å²) in [7, 11) is 0. The van der Waals surface area contributed by atoms with Crippen LogP contribution in [0.15, 0.2) is 0 Å². The van der Waals surface area contributed by atoms with Gasteiger partial charge in [-0.3, -0.25) is 0 Å². The Balaban J connectivity index is 2.10.